The molecule has 1 aromatic heterocycles. The highest BCUT2D eigenvalue weighted by molar-refractivity contribution is 7.07. The molecule has 3 heteroatoms. The Labute approximate surface area is 119 Å². The maximum absolute atomic E-state index is 5.80. The summed E-state index contributed by atoms with van der Waals surface area (Å²) >= 11 is 1.76. The lowest BCUT2D eigenvalue weighted by Gasteiger charge is -2.16. The fourth-order valence-corrected chi connectivity index (χ4v) is 2.75. The van der Waals surface area contributed by atoms with E-state index in [-0.39, 0.29) is 0 Å². The van der Waals surface area contributed by atoms with Crippen molar-refractivity contribution in [2.45, 2.75) is 25.8 Å². The van der Waals surface area contributed by atoms with Crippen LogP contribution in [0.1, 0.15) is 17.5 Å². The summed E-state index contributed by atoms with van der Waals surface area (Å²) in [4.78, 5) is 0. The Morgan fingerprint density at radius 3 is 2.89 bits per heavy atom. The molecule has 0 radical (unpaired) electrons. The Bertz CT molecular complexity index is 481. The summed E-state index contributed by atoms with van der Waals surface area (Å²) in [5.41, 5.74) is 2.64. The number of rotatable bonds is 7. The molecule has 2 nitrogen and oxygen atoms in total. The van der Waals surface area contributed by atoms with Crippen LogP contribution in [0.15, 0.2) is 41.1 Å². The number of hydrogen-bond donors (Lipinski definition) is 1. The highest BCUT2D eigenvalue weighted by Crippen LogP contribution is 2.14. The van der Waals surface area contributed by atoms with Crippen LogP contribution in [0.3, 0.4) is 0 Å². The summed E-state index contributed by atoms with van der Waals surface area (Å²) in [6.45, 7) is 2.83. The first-order valence-electron chi connectivity index (χ1n) is 6.65. The lowest BCUT2D eigenvalue weighted by atomic mass is 10.1. The zero-order chi connectivity index (χ0) is 13.5. The van der Waals surface area contributed by atoms with Crippen LogP contribution in [0, 0.1) is 6.92 Å². The average Bonchev–Trinajstić information content (AvgIpc) is 2.90. The minimum atomic E-state index is 0.472. The molecule has 102 valence electrons. The molecule has 1 unspecified atom stereocenters. The number of benzene rings is 1. The quantitative estimate of drug-likeness (QED) is 0.832. The average molecular weight is 275 g/mol. The Hall–Kier alpha value is -1.32. The molecule has 1 atom stereocenters. The zero-order valence-corrected chi connectivity index (χ0v) is 12.4. The second-order valence-electron chi connectivity index (χ2n) is 4.77. The van der Waals surface area contributed by atoms with Gasteiger partial charge in [0, 0.05) is 6.04 Å². The molecular formula is C16H21NOS. The second-order valence-corrected chi connectivity index (χ2v) is 5.55. The van der Waals surface area contributed by atoms with Crippen LogP contribution in [0.4, 0.5) is 0 Å². The van der Waals surface area contributed by atoms with E-state index in [0.717, 1.165) is 25.2 Å². The summed E-state index contributed by atoms with van der Waals surface area (Å²) in [5.74, 6) is 0.963. The molecule has 0 aliphatic carbocycles. The maximum atomic E-state index is 5.80. The molecule has 2 rings (SSSR count). The molecule has 0 saturated heterocycles. The van der Waals surface area contributed by atoms with Crippen molar-refractivity contribution in [3.05, 3.63) is 52.2 Å². The van der Waals surface area contributed by atoms with E-state index < -0.39 is 0 Å². The first-order chi connectivity index (χ1) is 9.28. The van der Waals surface area contributed by atoms with Gasteiger partial charge < -0.3 is 10.1 Å². The Balaban J connectivity index is 1.77. The van der Waals surface area contributed by atoms with E-state index in [1.54, 1.807) is 11.3 Å². The van der Waals surface area contributed by atoms with Crippen LogP contribution in [-0.2, 0) is 6.42 Å². The molecule has 0 amide bonds. The SMILES string of the molecule is CNC(CCOc1cccc(C)c1)Cc1ccsc1. The lowest BCUT2D eigenvalue weighted by Crippen LogP contribution is -2.29. The van der Waals surface area contributed by atoms with Gasteiger partial charge in [-0.1, -0.05) is 12.1 Å². The fraction of sp³-hybridized carbons (Fsp3) is 0.375. The Morgan fingerprint density at radius 1 is 1.32 bits per heavy atom. The van der Waals surface area contributed by atoms with E-state index >= 15 is 0 Å². The molecule has 1 heterocycles. The van der Waals surface area contributed by atoms with Gasteiger partial charge >= 0.3 is 0 Å². The van der Waals surface area contributed by atoms with Crippen LogP contribution >= 0.6 is 11.3 Å². The van der Waals surface area contributed by atoms with Crippen LogP contribution in [0.2, 0.25) is 0 Å². The number of nitrogens with one attached hydrogen (secondary N) is 1. The topological polar surface area (TPSA) is 21.3 Å². The molecule has 19 heavy (non-hydrogen) atoms. The molecular weight excluding hydrogens is 254 g/mol. The minimum Gasteiger partial charge on any atom is -0.494 e. The Morgan fingerprint density at radius 2 is 2.21 bits per heavy atom. The predicted octanol–water partition coefficient (Wildman–Crippen LogP) is 3.66. The first kappa shape index (κ1) is 14.1. The highest BCUT2D eigenvalue weighted by Gasteiger charge is 2.08. The predicted molar refractivity (Wildman–Crippen MR) is 82.2 cm³/mol. The van der Waals surface area contributed by atoms with Crippen LogP contribution in [-0.4, -0.2) is 19.7 Å². The number of ether oxygens (including phenoxy) is 1. The van der Waals surface area contributed by atoms with Gasteiger partial charge in [0.25, 0.3) is 0 Å². The van der Waals surface area contributed by atoms with Gasteiger partial charge in [0.1, 0.15) is 5.75 Å². The van der Waals surface area contributed by atoms with E-state index in [2.05, 4.69) is 41.2 Å². The molecule has 0 bridgehead atoms. The number of thiophene rings is 1. The van der Waals surface area contributed by atoms with Gasteiger partial charge in [-0.2, -0.15) is 11.3 Å². The lowest BCUT2D eigenvalue weighted by molar-refractivity contribution is 0.288. The van der Waals surface area contributed by atoms with Crippen molar-refractivity contribution in [3.8, 4) is 5.75 Å². The molecule has 2 aromatic rings. The first-order valence-corrected chi connectivity index (χ1v) is 7.60. The smallest absolute Gasteiger partial charge is 0.119 e. The second kappa shape index (κ2) is 7.31. The minimum absolute atomic E-state index is 0.472. The largest absolute Gasteiger partial charge is 0.494 e. The highest BCUT2D eigenvalue weighted by atomic mass is 32.1. The summed E-state index contributed by atoms with van der Waals surface area (Å²) < 4.78 is 5.80. The van der Waals surface area contributed by atoms with E-state index in [9.17, 15) is 0 Å². The zero-order valence-electron chi connectivity index (χ0n) is 11.6. The van der Waals surface area contributed by atoms with Crippen LogP contribution in [0.25, 0.3) is 0 Å². The van der Waals surface area contributed by atoms with Crippen LogP contribution in [0.5, 0.6) is 5.75 Å². The van der Waals surface area contributed by atoms with Gasteiger partial charge in [-0.05, 0) is 66.9 Å². The van der Waals surface area contributed by atoms with E-state index in [1.165, 1.54) is 11.1 Å². The molecule has 1 N–H and O–H groups in total. The molecule has 0 spiro atoms. The van der Waals surface area contributed by atoms with E-state index in [4.69, 9.17) is 4.74 Å². The fourth-order valence-electron chi connectivity index (χ4n) is 2.07. The van der Waals surface area contributed by atoms with Gasteiger partial charge in [0.15, 0.2) is 0 Å². The van der Waals surface area contributed by atoms with Crippen molar-refractivity contribution < 1.29 is 4.74 Å². The van der Waals surface area contributed by atoms with Gasteiger partial charge in [0.2, 0.25) is 0 Å². The third-order valence-electron chi connectivity index (χ3n) is 3.20. The normalized spacial score (nSPS) is 12.3. The molecule has 0 fully saturated rings. The van der Waals surface area contributed by atoms with Crippen molar-refractivity contribution in [2.75, 3.05) is 13.7 Å². The van der Waals surface area contributed by atoms with Crippen LogP contribution < -0.4 is 10.1 Å². The van der Waals surface area contributed by atoms with Gasteiger partial charge in [-0.3, -0.25) is 0 Å². The third-order valence-corrected chi connectivity index (χ3v) is 3.93. The summed E-state index contributed by atoms with van der Waals surface area (Å²) in [6, 6.07) is 10.9. The molecule has 0 saturated carbocycles. The standard InChI is InChI=1S/C16H21NOS/c1-13-4-3-5-16(10-13)18-8-6-15(17-2)11-14-7-9-19-12-14/h3-5,7,9-10,12,15,17H,6,8,11H2,1-2H3. The molecule has 1 aromatic carbocycles. The Kier molecular flexibility index (Phi) is 5.43. The van der Waals surface area contributed by atoms with Crippen molar-refractivity contribution in [3.63, 3.8) is 0 Å². The molecule has 0 aliphatic heterocycles. The van der Waals surface area contributed by atoms with Crippen molar-refractivity contribution in [1.29, 1.82) is 0 Å². The van der Waals surface area contributed by atoms with E-state index in [1.807, 2.05) is 19.2 Å². The van der Waals surface area contributed by atoms with Gasteiger partial charge in [0.05, 0.1) is 6.61 Å². The molecule has 0 aliphatic rings. The number of likely N-dealkylation sites (N-methyl/N-ethyl adjacent to an activating group) is 1. The van der Waals surface area contributed by atoms with Crippen molar-refractivity contribution in [1.82, 2.24) is 5.32 Å². The van der Waals surface area contributed by atoms with E-state index in [0.29, 0.717) is 6.04 Å². The summed E-state index contributed by atoms with van der Waals surface area (Å²) in [7, 11) is 2.02. The number of aryl methyl sites for hydroxylation is 1. The summed E-state index contributed by atoms with van der Waals surface area (Å²) in [5, 5.41) is 7.71. The van der Waals surface area contributed by atoms with Crippen molar-refractivity contribution >= 4 is 11.3 Å². The monoisotopic (exact) mass is 275 g/mol. The van der Waals surface area contributed by atoms with Gasteiger partial charge in [-0.15, -0.1) is 0 Å². The maximum Gasteiger partial charge on any atom is 0.119 e. The summed E-state index contributed by atoms with van der Waals surface area (Å²) in [6.07, 6.45) is 2.08. The third kappa shape index (κ3) is 4.69. The van der Waals surface area contributed by atoms with Gasteiger partial charge in [-0.25, -0.2) is 0 Å². The number of hydrogen-bond acceptors (Lipinski definition) is 3. The van der Waals surface area contributed by atoms with Crippen molar-refractivity contribution in [2.24, 2.45) is 0 Å².